The smallest absolute Gasteiger partial charge is 0.246 e. The molecular formula is C72H69N3O6. The summed E-state index contributed by atoms with van der Waals surface area (Å²) in [7, 11) is 0. The maximum Gasteiger partial charge on any atom is 0.246 e. The number of nitrogens with one attached hydrogen (secondary N) is 2. The second-order valence-corrected chi connectivity index (χ2v) is 19.6. The van der Waals surface area contributed by atoms with Gasteiger partial charge in [-0.2, -0.15) is 0 Å². The number of carbonyl (C=O) groups is 2. The largest absolute Gasteiger partial charge is 0.485 e. The molecule has 0 atom stereocenters. The molecule has 0 heterocycles. The number of ether oxygens (including phenoxy) is 4. The van der Waals surface area contributed by atoms with Crippen LogP contribution in [0.1, 0.15) is 69.3 Å². The first kappa shape index (κ1) is 56.3. The van der Waals surface area contributed by atoms with Gasteiger partial charge in [0.25, 0.3) is 0 Å². The lowest BCUT2D eigenvalue weighted by molar-refractivity contribution is -0.126. The van der Waals surface area contributed by atoms with Crippen molar-refractivity contribution >= 4 is 24.0 Å². The molecule has 0 spiro atoms. The normalized spacial score (nSPS) is 11.3. The second-order valence-electron chi connectivity index (χ2n) is 19.6. The van der Waals surface area contributed by atoms with Gasteiger partial charge >= 0.3 is 0 Å². The molecule has 0 aliphatic carbocycles. The first-order valence-corrected chi connectivity index (χ1v) is 27.8. The van der Waals surface area contributed by atoms with Gasteiger partial charge in [-0.25, -0.2) is 0 Å². The number of rotatable bonds is 29. The van der Waals surface area contributed by atoms with Gasteiger partial charge in [-0.3, -0.25) is 14.9 Å². The minimum Gasteiger partial charge on any atom is -0.485 e. The Hall–Kier alpha value is -9.44. The van der Waals surface area contributed by atoms with Crippen LogP contribution in [0.15, 0.2) is 261 Å². The number of hydrogen-bond acceptors (Lipinski definition) is 7. The molecule has 9 nitrogen and oxygen atoms in total. The van der Waals surface area contributed by atoms with Crippen LogP contribution in [-0.2, 0) is 41.6 Å². The quantitative estimate of drug-likeness (QED) is 0.0274. The minimum atomic E-state index is -0.638. The molecule has 81 heavy (non-hydrogen) atoms. The van der Waals surface area contributed by atoms with Crippen molar-refractivity contribution < 1.29 is 28.5 Å². The molecule has 0 aromatic heterocycles. The summed E-state index contributed by atoms with van der Waals surface area (Å²) in [4.78, 5) is 29.6. The Bertz CT molecular complexity index is 3280. The molecule has 0 aliphatic rings. The molecule has 0 fully saturated rings. The third kappa shape index (κ3) is 16.8. The predicted molar refractivity (Wildman–Crippen MR) is 325 cm³/mol. The van der Waals surface area contributed by atoms with Crippen LogP contribution >= 0.6 is 0 Å². The minimum absolute atomic E-state index is 0.109. The monoisotopic (exact) mass is 1070 g/mol. The summed E-state index contributed by atoms with van der Waals surface area (Å²) in [5.41, 5.74) is 8.50. The fraction of sp³-hybridized carbons (Fsp3) is 0.167. The first-order valence-electron chi connectivity index (χ1n) is 27.8. The molecular weight excluding hydrogens is 1000 g/mol. The molecule has 0 unspecified atom stereocenters. The number of amides is 2. The van der Waals surface area contributed by atoms with E-state index in [0.29, 0.717) is 94.9 Å². The van der Waals surface area contributed by atoms with Gasteiger partial charge in [-0.15, -0.1) is 0 Å². The molecule has 408 valence electrons. The van der Waals surface area contributed by atoms with E-state index in [4.69, 9.17) is 18.9 Å². The van der Waals surface area contributed by atoms with E-state index in [-0.39, 0.29) is 11.8 Å². The Labute approximate surface area is 477 Å². The number of benzene rings is 9. The fourth-order valence-electron chi connectivity index (χ4n) is 9.55. The van der Waals surface area contributed by atoms with Crippen LogP contribution in [0.3, 0.4) is 0 Å². The lowest BCUT2D eigenvalue weighted by Gasteiger charge is -2.37. The van der Waals surface area contributed by atoms with Crippen LogP contribution in [0.5, 0.6) is 23.0 Å². The molecule has 0 bridgehead atoms. The maximum atomic E-state index is 14.4. The molecule has 9 rings (SSSR count). The van der Waals surface area contributed by atoms with Crippen LogP contribution < -0.4 is 29.6 Å². The van der Waals surface area contributed by atoms with Gasteiger partial charge in [-0.05, 0) is 112 Å². The Morgan fingerprint density at radius 3 is 1.15 bits per heavy atom. The summed E-state index contributed by atoms with van der Waals surface area (Å²) in [6, 6.07) is 83.1. The topological polar surface area (TPSA) is 98.4 Å². The fourth-order valence-corrected chi connectivity index (χ4v) is 9.55. The molecule has 9 heteroatoms. The lowest BCUT2D eigenvalue weighted by Crippen LogP contribution is -2.45. The Morgan fingerprint density at radius 1 is 0.383 bits per heavy atom. The van der Waals surface area contributed by atoms with Gasteiger partial charge < -0.3 is 29.2 Å². The zero-order chi connectivity index (χ0) is 55.6. The lowest BCUT2D eigenvalue weighted by atomic mass is 9.77. The van der Waals surface area contributed by atoms with Gasteiger partial charge in [0.15, 0.2) is 23.0 Å². The van der Waals surface area contributed by atoms with Crippen molar-refractivity contribution in [3.63, 3.8) is 0 Å². The van der Waals surface area contributed by atoms with E-state index < -0.39 is 5.54 Å². The molecule has 0 radical (unpaired) electrons. The van der Waals surface area contributed by atoms with E-state index in [9.17, 15) is 9.59 Å². The molecule has 9 aromatic rings. The van der Waals surface area contributed by atoms with Gasteiger partial charge in [0, 0.05) is 31.8 Å². The number of hydrogen-bond donors (Lipinski definition) is 2. The van der Waals surface area contributed by atoms with Crippen molar-refractivity contribution in [2.45, 2.75) is 51.2 Å². The third-order valence-corrected chi connectivity index (χ3v) is 13.8. The number of unbranched alkanes of at least 4 members (excludes halogenated alkanes) is 1. The van der Waals surface area contributed by atoms with E-state index >= 15 is 0 Å². The summed E-state index contributed by atoms with van der Waals surface area (Å²) in [5, 5.41) is 7.03. The first-order chi connectivity index (χ1) is 40.0. The Balaban J connectivity index is 0.868. The highest BCUT2D eigenvalue weighted by atomic mass is 16.5. The highest BCUT2D eigenvalue weighted by Gasteiger charge is 2.35. The van der Waals surface area contributed by atoms with Crippen LogP contribution in [-0.4, -0.2) is 42.9 Å². The summed E-state index contributed by atoms with van der Waals surface area (Å²) >= 11 is 0. The standard InChI is InChI=1S/C72H69N3O6/c76-70(45-41-57-39-43-66(78-53-59-25-8-1-9-26-59)68(51-57)80-55-61-29-12-3-13-30-61)73-47-22-23-49-75(50-24-48-74-72(63-33-16-5-17-34-63,64-35-18-6-19-36-64)65-37-20-7-21-38-65)71(77)46-42-58-40-44-67(79-54-60-27-10-2-11-28-60)69(52-58)81-56-62-31-14-4-15-32-62/h1-21,25-46,51-52,74H,22-24,47-50,53-56H2,(H,73,76)/b45-41+,46-42+. The SMILES string of the molecule is O=C(/C=C/c1ccc(OCc2ccccc2)c(OCc2ccccc2)c1)NCCCCN(CCCNC(c1ccccc1)(c1ccccc1)c1ccccc1)C(=O)/C=C/c1ccc(OCc2ccccc2)c(OCc2ccccc2)c1. The predicted octanol–water partition coefficient (Wildman–Crippen LogP) is 14.4. The van der Waals surface area contributed by atoms with Gasteiger partial charge in [0.2, 0.25) is 11.8 Å². The van der Waals surface area contributed by atoms with E-state index in [1.165, 1.54) is 6.08 Å². The average Bonchev–Trinajstić information content (AvgIpc) is 3.68. The zero-order valence-corrected chi connectivity index (χ0v) is 45.7. The van der Waals surface area contributed by atoms with Crippen molar-refractivity contribution in [3.8, 4) is 23.0 Å². The van der Waals surface area contributed by atoms with Crippen LogP contribution in [0.4, 0.5) is 0 Å². The average molecular weight is 1070 g/mol. The molecule has 0 saturated carbocycles. The van der Waals surface area contributed by atoms with Crippen LogP contribution in [0.2, 0.25) is 0 Å². The highest BCUT2D eigenvalue weighted by Crippen LogP contribution is 2.37. The van der Waals surface area contributed by atoms with Crippen molar-refractivity contribution in [1.82, 2.24) is 15.5 Å². The van der Waals surface area contributed by atoms with Gasteiger partial charge in [-0.1, -0.05) is 224 Å². The van der Waals surface area contributed by atoms with E-state index in [2.05, 4.69) is 83.4 Å². The van der Waals surface area contributed by atoms with Gasteiger partial charge in [0.05, 0.1) is 5.54 Å². The molecule has 2 amide bonds. The Kier molecular flexibility index (Phi) is 20.9. The summed E-state index contributed by atoms with van der Waals surface area (Å²) < 4.78 is 25.1. The maximum absolute atomic E-state index is 14.4. The third-order valence-electron chi connectivity index (χ3n) is 13.8. The van der Waals surface area contributed by atoms with Crippen molar-refractivity contribution in [2.75, 3.05) is 26.2 Å². The van der Waals surface area contributed by atoms with E-state index in [0.717, 1.165) is 50.1 Å². The number of nitrogens with zero attached hydrogens (tertiary/aromatic N) is 1. The second kappa shape index (κ2) is 30.1. The van der Waals surface area contributed by atoms with Crippen molar-refractivity contribution in [2.24, 2.45) is 0 Å². The molecule has 2 N–H and O–H groups in total. The zero-order valence-electron chi connectivity index (χ0n) is 45.7. The van der Waals surface area contributed by atoms with E-state index in [1.54, 1.807) is 12.2 Å². The summed E-state index contributed by atoms with van der Waals surface area (Å²) in [6.07, 6.45) is 8.82. The Morgan fingerprint density at radius 2 is 0.741 bits per heavy atom. The molecule has 0 aliphatic heterocycles. The van der Waals surface area contributed by atoms with Crippen LogP contribution in [0.25, 0.3) is 12.2 Å². The molecule has 0 saturated heterocycles. The summed E-state index contributed by atoms with van der Waals surface area (Å²) in [6.45, 7) is 3.57. The molecule has 9 aromatic carbocycles. The van der Waals surface area contributed by atoms with Crippen molar-refractivity contribution in [1.29, 1.82) is 0 Å². The van der Waals surface area contributed by atoms with Crippen LogP contribution in [0, 0.1) is 0 Å². The highest BCUT2D eigenvalue weighted by molar-refractivity contribution is 5.92. The number of carbonyl (C=O) groups excluding carboxylic acids is 2. The summed E-state index contributed by atoms with van der Waals surface area (Å²) in [5.74, 6) is 2.09. The van der Waals surface area contributed by atoms with E-state index in [1.807, 2.05) is 187 Å². The van der Waals surface area contributed by atoms with Crippen molar-refractivity contribution in [3.05, 3.63) is 311 Å². The van der Waals surface area contributed by atoms with Gasteiger partial charge in [0.1, 0.15) is 26.4 Å².